The van der Waals surface area contributed by atoms with Crippen LogP contribution in [0.5, 0.6) is 0 Å². The highest BCUT2D eigenvalue weighted by Crippen LogP contribution is 2.33. The Bertz CT molecular complexity index is 924. The van der Waals surface area contributed by atoms with E-state index in [2.05, 4.69) is 5.43 Å². The molecule has 132 valence electrons. The van der Waals surface area contributed by atoms with Crippen LogP contribution in [0, 0.1) is 12.7 Å². The molecule has 0 aliphatic carbocycles. The summed E-state index contributed by atoms with van der Waals surface area (Å²) in [5, 5.41) is 1.15. The molecular formula is C18H12ClFN2O2S2. The van der Waals surface area contributed by atoms with Crippen LogP contribution in [0.3, 0.4) is 0 Å². The van der Waals surface area contributed by atoms with Crippen molar-refractivity contribution >= 4 is 57.8 Å². The minimum absolute atomic E-state index is 0.0968. The molecule has 0 radical (unpaired) electrons. The summed E-state index contributed by atoms with van der Waals surface area (Å²) in [5.74, 6) is -1.56. The summed E-state index contributed by atoms with van der Waals surface area (Å²) in [6.45, 7) is 1.91. The molecule has 0 spiro atoms. The lowest BCUT2D eigenvalue weighted by Crippen LogP contribution is -2.44. The fraction of sp³-hybridized carbons (Fsp3) is 0.0556. The van der Waals surface area contributed by atoms with Gasteiger partial charge < -0.3 is 0 Å². The largest absolute Gasteiger partial charge is 0.285 e. The minimum Gasteiger partial charge on any atom is -0.267 e. The van der Waals surface area contributed by atoms with Gasteiger partial charge in [-0.05, 0) is 49.5 Å². The Labute approximate surface area is 164 Å². The number of thioether (sulfide) groups is 1. The maximum atomic E-state index is 13.9. The van der Waals surface area contributed by atoms with Gasteiger partial charge in [0.25, 0.3) is 11.8 Å². The normalized spacial score (nSPS) is 15.7. The van der Waals surface area contributed by atoms with E-state index in [9.17, 15) is 14.0 Å². The highest BCUT2D eigenvalue weighted by Gasteiger charge is 2.34. The number of hydrazine groups is 1. The molecule has 1 aliphatic heterocycles. The fourth-order valence-electron chi connectivity index (χ4n) is 2.21. The van der Waals surface area contributed by atoms with E-state index in [4.69, 9.17) is 23.8 Å². The molecule has 2 aromatic rings. The number of thiocarbonyl (C=S) groups is 1. The number of carbonyl (C=O) groups excluding carboxylic acids is 2. The van der Waals surface area contributed by atoms with Gasteiger partial charge in [-0.25, -0.2) is 4.39 Å². The zero-order chi connectivity index (χ0) is 18.8. The number of benzene rings is 2. The molecule has 0 aromatic heterocycles. The molecule has 1 saturated heterocycles. The van der Waals surface area contributed by atoms with Gasteiger partial charge >= 0.3 is 0 Å². The predicted octanol–water partition coefficient (Wildman–Crippen LogP) is 4.33. The monoisotopic (exact) mass is 406 g/mol. The molecule has 1 N–H and O–H groups in total. The van der Waals surface area contributed by atoms with Crippen molar-refractivity contribution in [2.75, 3.05) is 0 Å². The van der Waals surface area contributed by atoms with Crippen LogP contribution in [0.2, 0.25) is 5.02 Å². The Morgan fingerprint density at radius 1 is 1.27 bits per heavy atom. The molecule has 4 nitrogen and oxygen atoms in total. The Balaban J connectivity index is 1.82. The average Bonchev–Trinajstić information content (AvgIpc) is 2.86. The van der Waals surface area contributed by atoms with Crippen molar-refractivity contribution < 1.29 is 14.0 Å². The summed E-state index contributed by atoms with van der Waals surface area (Å²) in [6, 6.07) is 11.1. The van der Waals surface area contributed by atoms with Crippen LogP contribution >= 0.6 is 35.6 Å². The Morgan fingerprint density at radius 2 is 1.96 bits per heavy atom. The second-order valence-corrected chi connectivity index (χ2v) is 7.54. The first kappa shape index (κ1) is 18.6. The molecule has 2 aromatic carbocycles. The van der Waals surface area contributed by atoms with Crippen molar-refractivity contribution in [3.63, 3.8) is 0 Å². The molecule has 0 bridgehead atoms. The number of carbonyl (C=O) groups is 2. The van der Waals surface area contributed by atoms with Gasteiger partial charge in [0.05, 0.1) is 9.93 Å². The molecule has 3 rings (SSSR count). The third kappa shape index (κ3) is 3.80. The molecule has 0 saturated carbocycles. The van der Waals surface area contributed by atoms with Gasteiger partial charge in [-0.15, -0.1) is 0 Å². The lowest BCUT2D eigenvalue weighted by molar-refractivity contribution is -0.123. The summed E-state index contributed by atoms with van der Waals surface area (Å²) < 4.78 is 14.1. The summed E-state index contributed by atoms with van der Waals surface area (Å²) in [7, 11) is 0. The molecule has 8 heteroatoms. The number of rotatable bonds is 3. The van der Waals surface area contributed by atoms with Crippen molar-refractivity contribution in [1.82, 2.24) is 10.4 Å². The number of hydrogen-bond donors (Lipinski definition) is 1. The Kier molecular flexibility index (Phi) is 5.41. The summed E-state index contributed by atoms with van der Waals surface area (Å²) >= 11 is 12.1. The lowest BCUT2D eigenvalue weighted by Gasteiger charge is -2.15. The summed E-state index contributed by atoms with van der Waals surface area (Å²) in [5.41, 5.74) is 3.98. The molecule has 1 aliphatic rings. The van der Waals surface area contributed by atoms with E-state index >= 15 is 0 Å². The second-order valence-electron chi connectivity index (χ2n) is 5.46. The standard InChI is InChI=1S/C18H12ClFN2O2S2/c1-10-5-7-11(8-6-10)16(23)21-22-17(24)15(26-18(22)25)9-12-13(19)3-2-4-14(12)20/h2-9H,1H3,(H,21,23)/b15-9-. The van der Waals surface area contributed by atoms with Gasteiger partial charge in [0, 0.05) is 11.1 Å². The van der Waals surface area contributed by atoms with Crippen LogP contribution in [0.1, 0.15) is 21.5 Å². The molecule has 2 amide bonds. The Hall–Kier alpha value is -2.22. The zero-order valence-corrected chi connectivity index (χ0v) is 15.8. The van der Waals surface area contributed by atoms with E-state index in [1.54, 1.807) is 24.3 Å². The fourth-order valence-corrected chi connectivity index (χ4v) is 3.59. The van der Waals surface area contributed by atoms with Crippen molar-refractivity contribution in [3.8, 4) is 0 Å². The minimum atomic E-state index is -0.550. The SMILES string of the molecule is Cc1ccc(C(=O)NN2C(=O)/C(=C/c3c(F)cccc3Cl)SC2=S)cc1. The first-order valence-electron chi connectivity index (χ1n) is 7.46. The van der Waals surface area contributed by atoms with Crippen LogP contribution in [-0.4, -0.2) is 21.1 Å². The average molecular weight is 407 g/mol. The van der Waals surface area contributed by atoms with Crippen molar-refractivity contribution in [1.29, 1.82) is 0 Å². The summed E-state index contributed by atoms with van der Waals surface area (Å²) in [4.78, 5) is 25.0. The van der Waals surface area contributed by atoms with Crippen LogP contribution in [0.4, 0.5) is 4.39 Å². The number of amides is 2. The van der Waals surface area contributed by atoms with Crippen molar-refractivity contribution in [3.05, 3.63) is 74.9 Å². The topological polar surface area (TPSA) is 49.4 Å². The van der Waals surface area contributed by atoms with Gasteiger partial charge in [0.15, 0.2) is 4.32 Å². The highest BCUT2D eigenvalue weighted by molar-refractivity contribution is 8.26. The van der Waals surface area contributed by atoms with E-state index in [1.165, 1.54) is 24.3 Å². The second kappa shape index (κ2) is 7.57. The van der Waals surface area contributed by atoms with Gasteiger partial charge in [-0.2, -0.15) is 5.01 Å². The van der Waals surface area contributed by atoms with Gasteiger partial charge in [0.2, 0.25) is 0 Å². The number of hydrogen-bond acceptors (Lipinski definition) is 4. The van der Waals surface area contributed by atoms with Crippen LogP contribution in [-0.2, 0) is 4.79 Å². The number of nitrogens with one attached hydrogen (secondary N) is 1. The maximum Gasteiger partial charge on any atom is 0.285 e. The third-order valence-corrected chi connectivity index (χ3v) is 5.23. The van der Waals surface area contributed by atoms with E-state index in [1.807, 2.05) is 6.92 Å². The first-order chi connectivity index (χ1) is 12.4. The highest BCUT2D eigenvalue weighted by atomic mass is 35.5. The maximum absolute atomic E-state index is 13.9. The predicted molar refractivity (Wildman–Crippen MR) is 105 cm³/mol. The first-order valence-corrected chi connectivity index (χ1v) is 9.06. The Morgan fingerprint density at radius 3 is 2.62 bits per heavy atom. The molecule has 1 fully saturated rings. The van der Waals surface area contributed by atoms with E-state index in [-0.39, 0.29) is 19.8 Å². The molecule has 0 unspecified atom stereocenters. The molecular weight excluding hydrogens is 395 g/mol. The number of halogens is 2. The quantitative estimate of drug-likeness (QED) is 0.608. The van der Waals surface area contributed by atoms with E-state index in [0.29, 0.717) is 5.56 Å². The smallest absolute Gasteiger partial charge is 0.267 e. The van der Waals surface area contributed by atoms with Crippen LogP contribution in [0.15, 0.2) is 47.4 Å². The van der Waals surface area contributed by atoms with Crippen LogP contribution < -0.4 is 5.43 Å². The molecule has 0 atom stereocenters. The van der Waals surface area contributed by atoms with Crippen molar-refractivity contribution in [2.24, 2.45) is 0 Å². The van der Waals surface area contributed by atoms with E-state index < -0.39 is 17.6 Å². The number of nitrogens with zero attached hydrogens (tertiary/aromatic N) is 1. The molecule has 26 heavy (non-hydrogen) atoms. The van der Waals surface area contributed by atoms with Gasteiger partial charge in [0.1, 0.15) is 5.82 Å². The summed E-state index contributed by atoms with van der Waals surface area (Å²) in [6.07, 6.45) is 1.33. The van der Waals surface area contributed by atoms with Gasteiger partial charge in [-0.3, -0.25) is 15.0 Å². The zero-order valence-electron chi connectivity index (χ0n) is 13.5. The lowest BCUT2D eigenvalue weighted by atomic mass is 10.1. The van der Waals surface area contributed by atoms with Crippen LogP contribution in [0.25, 0.3) is 6.08 Å². The van der Waals surface area contributed by atoms with Gasteiger partial charge in [-0.1, -0.05) is 47.1 Å². The third-order valence-electron chi connectivity index (χ3n) is 3.60. The molecule has 1 heterocycles. The number of aryl methyl sites for hydroxylation is 1. The van der Waals surface area contributed by atoms with Crippen molar-refractivity contribution in [2.45, 2.75) is 6.92 Å². The van der Waals surface area contributed by atoms with E-state index in [0.717, 1.165) is 22.3 Å².